The fourth-order valence-electron chi connectivity index (χ4n) is 3.25. The maximum absolute atomic E-state index is 12.4. The largest absolute Gasteiger partial charge is 0.417 e. The number of H-pyrrole nitrogens is 1. The van der Waals surface area contributed by atoms with E-state index in [9.17, 15) is 9.59 Å². The number of fused-ring (bicyclic) bond motifs is 1. The first kappa shape index (κ1) is 16.0. The van der Waals surface area contributed by atoms with E-state index in [0.717, 1.165) is 25.2 Å². The first-order valence-electron chi connectivity index (χ1n) is 8.37. The van der Waals surface area contributed by atoms with Crippen LogP contribution in [-0.2, 0) is 11.2 Å². The van der Waals surface area contributed by atoms with Gasteiger partial charge in [0.15, 0.2) is 5.58 Å². The Morgan fingerprint density at radius 3 is 2.76 bits per heavy atom. The molecule has 0 saturated carbocycles. The van der Waals surface area contributed by atoms with Crippen molar-refractivity contribution in [2.45, 2.75) is 12.8 Å². The van der Waals surface area contributed by atoms with Crippen LogP contribution in [0.1, 0.15) is 11.3 Å². The Hall–Kier alpha value is -2.54. The van der Waals surface area contributed by atoms with Crippen molar-refractivity contribution in [1.29, 1.82) is 0 Å². The highest BCUT2D eigenvalue weighted by molar-refractivity contribution is 7.09. The molecule has 1 saturated heterocycles. The van der Waals surface area contributed by atoms with Gasteiger partial charge in [-0.25, -0.2) is 4.79 Å². The summed E-state index contributed by atoms with van der Waals surface area (Å²) in [5, 5.41) is 2.04. The molecule has 1 aliphatic rings. The Morgan fingerprint density at radius 1 is 1.16 bits per heavy atom. The number of oxazole rings is 1. The number of nitrogens with one attached hydrogen (secondary N) is 1. The van der Waals surface area contributed by atoms with E-state index in [1.165, 1.54) is 4.88 Å². The standard InChI is InChI=1S/C18H19N3O3S/c22-16(7-6-13-3-2-12-25-13)21-10-8-20(9-11-21)15-5-1-4-14-17(15)24-18(23)19-14/h1-5,12H,6-11H2,(H,19,23). The molecular weight excluding hydrogens is 338 g/mol. The zero-order valence-electron chi connectivity index (χ0n) is 13.7. The fourth-order valence-corrected chi connectivity index (χ4v) is 3.96. The molecule has 1 aliphatic heterocycles. The number of benzene rings is 1. The maximum Gasteiger partial charge on any atom is 0.417 e. The lowest BCUT2D eigenvalue weighted by atomic mass is 10.2. The van der Waals surface area contributed by atoms with Crippen molar-refractivity contribution >= 4 is 34.0 Å². The minimum Gasteiger partial charge on any atom is -0.406 e. The third-order valence-corrected chi connectivity index (χ3v) is 5.50. The number of nitrogens with zero attached hydrogens (tertiary/aromatic N) is 2. The highest BCUT2D eigenvalue weighted by atomic mass is 32.1. The Kier molecular flexibility index (Phi) is 4.31. The van der Waals surface area contributed by atoms with Crippen molar-refractivity contribution in [3.8, 4) is 0 Å². The summed E-state index contributed by atoms with van der Waals surface area (Å²) in [5.41, 5.74) is 2.20. The van der Waals surface area contributed by atoms with E-state index in [0.29, 0.717) is 30.6 Å². The summed E-state index contributed by atoms with van der Waals surface area (Å²) in [4.78, 5) is 31.9. The van der Waals surface area contributed by atoms with Crippen LogP contribution in [0.3, 0.4) is 0 Å². The van der Waals surface area contributed by atoms with Gasteiger partial charge in [-0.1, -0.05) is 12.1 Å². The summed E-state index contributed by atoms with van der Waals surface area (Å²) >= 11 is 1.69. The molecule has 0 radical (unpaired) electrons. The average molecular weight is 357 g/mol. The van der Waals surface area contributed by atoms with Gasteiger partial charge in [-0.05, 0) is 30.0 Å². The molecule has 6 nitrogen and oxygen atoms in total. The highest BCUT2D eigenvalue weighted by Crippen LogP contribution is 2.26. The number of aromatic amines is 1. The van der Waals surface area contributed by atoms with E-state index >= 15 is 0 Å². The van der Waals surface area contributed by atoms with Crippen molar-refractivity contribution in [2.75, 3.05) is 31.1 Å². The predicted molar refractivity (Wildman–Crippen MR) is 98.3 cm³/mol. The molecule has 1 aromatic carbocycles. The van der Waals surface area contributed by atoms with E-state index < -0.39 is 5.76 Å². The maximum atomic E-state index is 12.4. The lowest BCUT2D eigenvalue weighted by Crippen LogP contribution is -2.48. The lowest BCUT2D eigenvalue weighted by Gasteiger charge is -2.36. The molecule has 1 fully saturated rings. The second kappa shape index (κ2) is 6.76. The van der Waals surface area contributed by atoms with Crippen LogP contribution in [0.2, 0.25) is 0 Å². The zero-order chi connectivity index (χ0) is 17.2. The van der Waals surface area contributed by atoms with E-state index in [4.69, 9.17) is 4.42 Å². The van der Waals surface area contributed by atoms with Gasteiger partial charge < -0.3 is 14.2 Å². The molecule has 7 heteroatoms. The molecule has 130 valence electrons. The van der Waals surface area contributed by atoms with Crippen LogP contribution in [0.4, 0.5) is 5.69 Å². The van der Waals surface area contributed by atoms with Crippen LogP contribution in [0.5, 0.6) is 0 Å². The van der Waals surface area contributed by atoms with Crippen LogP contribution in [-0.4, -0.2) is 42.0 Å². The van der Waals surface area contributed by atoms with Crippen molar-refractivity contribution in [3.05, 3.63) is 51.1 Å². The predicted octanol–water partition coefficient (Wildman–Crippen LogP) is 2.46. The van der Waals surface area contributed by atoms with Crippen molar-refractivity contribution in [1.82, 2.24) is 9.88 Å². The summed E-state index contributed by atoms with van der Waals surface area (Å²) < 4.78 is 5.27. The second-order valence-electron chi connectivity index (χ2n) is 6.12. The third-order valence-electron chi connectivity index (χ3n) is 4.56. The number of para-hydroxylation sites is 1. The number of aromatic nitrogens is 1. The van der Waals surface area contributed by atoms with Crippen LogP contribution in [0.15, 0.2) is 44.9 Å². The number of piperazine rings is 1. The number of thiophene rings is 1. The van der Waals surface area contributed by atoms with Gasteiger partial charge in [-0.15, -0.1) is 11.3 Å². The minimum atomic E-state index is -0.440. The minimum absolute atomic E-state index is 0.208. The molecule has 3 heterocycles. The van der Waals surface area contributed by atoms with Gasteiger partial charge in [-0.2, -0.15) is 0 Å². The molecule has 0 unspecified atom stereocenters. The highest BCUT2D eigenvalue weighted by Gasteiger charge is 2.23. The van der Waals surface area contributed by atoms with E-state index in [1.54, 1.807) is 11.3 Å². The van der Waals surface area contributed by atoms with Crippen LogP contribution >= 0.6 is 11.3 Å². The topological polar surface area (TPSA) is 69.6 Å². The van der Waals surface area contributed by atoms with Gasteiger partial charge in [0.1, 0.15) is 0 Å². The summed E-state index contributed by atoms with van der Waals surface area (Å²) in [6.45, 7) is 2.85. The number of carbonyl (C=O) groups excluding carboxylic acids is 1. The number of hydrogen-bond acceptors (Lipinski definition) is 5. The Labute approximate surface area is 148 Å². The molecule has 0 bridgehead atoms. The summed E-state index contributed by atoms with van der Waals surface area (Å²) in [7, 11) is 0. The molecule has 1 N–H and O–H groups in total. The number of rotatable bonds is 4. The summed E-state index contributed by atoms with van der Waals surface area (Å²) in [6.07, 6.45) is 1.37. The number of hydrogen-bond donors (Lipinski definition) is 1. The molecule has 0 spiro atoms. The van der Waals surface area contributed by atoms with Crippen LogP contribution in [0, 0.1) is 0 Å². The number of amides is 1. The van der Waals surface area contributed by atoms with Gasteiger partial charge in [0, 0.05) is 37.5 Å². The molecule has 4 rings (SSSR count). The SMILES string of the molecule is O=C(CCc1cccs1)N1CCN(c2cccc3[nH]c(=O)oc23)CC1. The van der Waals surface area contributed by atoms with Gasteiger partial charge in [0.05, 0.1) is 11.2 Å². The zero-order valence-corrected chi connectivity index (χ0v) is 14.6. The number of anilines is 1. The van der Waals surface area contributed by atoms with Crippen LogP contribution in [0.25, 0.3) is 11.1 Å². The molecule has 2 aromatic heterocycles. The first-order chi connectivity index (χ1) is 12.2. The average Bonchev–Trinajstić information content (AvgIpc) is 3.27. The number of carbonyl (C=O) groups is 1. The van der Waals surface area contributed by atoms with E-state index in [-0.39, 0.29) is 5.91 Å². The van der Waals surface area contributed by atoms with Crippen molar-refractivity contribution < 1.29 is 9.21 Å². The van der Waals surface area contributed by atoms with Crippen molar-refractivity contribution in [2.24, 2.45) is 0 Å². The van der Waals surface area contributed by atoms with E-state index in [1.807, 2.05) is 34.5 Å². The molecular formula is C18H19N3O3S. The molecule has 25 heavy (non-hydrogen) atoms. The van der Waals surface area contributed by atoms with Gasteiger partial charge in [0.25, 0.3) is 0 Å². The Morgan fingerprint density at radius 2 is 2.00 bits per heavy atom. The number of aryl methyl sites for hydroxylation is 1. The summed E-state index contributed by atoms with van der Waals surface area (Å²) in [6, 6.07) is 9.77. The van der Waals surface area contributed by atoms with E-state index in [2.05, 4.69) is 16.0 Å². The quantitative estimate of drug-likeness (QED) is 0.779. The monoisotopic (exact) mass is 357 g/mol. The second-order valence-corrected chi connectivity index (χ2v) is 7.15. The van der Waals surface area contributed by atoms with Crippen molar-refractivity contribution in [3.63, 3.8) is 0 Å². The third kappa shape index (κ3) is 3.32. The lowest BCUT2D eigenvalue weighted by molar-refractivity contribution is -0.131. The first-order valence-corrected chi connectivity index (χ1v) is 9.25. The summed E-state index contributed by atoms with van der Waals surface area (Å²) in [5.74, 6) is -0.232. The molecule has 1 amide bonds. The molecule has 0 aliphatic carbocycles. The Bertz CT molecular complexity index is 921. The fraction of sp³-hybridized carbons (Fsp3) is 0.333. The Balaban J connectivity index is 1.39. The normalized spacial score (nSPS) is 15.0. The molecule has 3 aromatic rings. The van der Waals surface area contributed by atoms with Gasteiger partial charge in [0.2, 0.25) is 5.91 Å². The van der Waals surface area contributed by atoms with Gasteiger partial charge in [-0.3, -0.25) is 9.78 Å². The molecule has 0 atom stereocenters. The van der Waals surface area contributed by atoms with Crippen LogP contribution < -0.4 is 10.7 Å². The smallest absolute Gasteiger partial charge is 0.406 e. The van der Waals surface area contributed by atoms with Gasteiger partial charge >= 0.3 is 5.76 Å².